The molecule has 0 N–H and O–H groups in total. The van der Waals surface area contributed by atoms with E-state index in [1.165, 1.54) is 12.2 Å². The molecule has 0 amide bonds. The van der Waals surface area contributed by atoms with Crippen molar-refractivity contribution in [2.45, 2.75) is 55.4 Å². The van der Waals surface area contributed by atoms with Crippen molar-refractivity contribution in [3.05, 3.63) is 47.5 Å². The number of rotatable bonds is 0. The lowest BCUT2D eigenvalue weighted by Gasteiger charge is -2.06. The summed E-state index contributed by atoms with van der Waals surface area (Å²) >= 11 is 0. The van der Waals surface area contributed by atoms with Crippen molar-refractivity contribution in [2.75, 3.05) is 0 Å². The second-order valence-electron chi connectivity index (χ2n) is 2.61. The zero-order valence-electron chi connectivity index (χ0n) is 14.3. The zero-order valence-corrected chi connectivity index (χ0v) is 14.3. The second kappa shape index (κ2) is 17.3. The Labute approximate surface area is 124 Å². The minimum absolute atomic E-state index is 0.0924. The van der Waals surface area contributed by atoms with Crippen molar-refractivity contribution in [3.63, 3.8) is 0 Å². The average molecular weight is 278 g/mol. The topological polar surface area (TPSA) is 34.1 Å². The van der Waals surface area contributed by atoms with Crippen LogP contribution in [0.4, 0.5) is 0 Å². The van der Waals surface area contributed by atoms with Crippen molar-refractivity contribution in [1.29, 1.82) is 0 Å². The zero-order chi connectivity index (χ0) is 16.6. The van der Waals surface area contributed by atoms with Crippen LogP contribution in [0.15, 0.2) is 36.4 Å². The molecule has 2 rings (SSSR count). The summed E-state index contributed by atoms with van der Waals surface area (Å²) < 4.78 is 0. The molecule has 1 aliphatic rings. The Balaban J connectivity index is -0.000000314. The first-order valence-corrected chi connectivity index (χ1v) is 7.65. The van der Waals surface area contributed by atoms with Gasteiger partial charge in [0, 0.05) is 11.1 Å². The van der Waals surface area contributed by atoms with E-state index in [4.69, 9.17) is 0 Å². The highest BCUT2D eigenvalue weighted by molar-refractivity contribution is 6.21. The van der Waals surface area contributed by atoms with E-state index in [1.807, 2.05) is 55.4 Å². The minimum atomic E-state index is -0.0924. The van der Waals surface area contributed by atoms with E-state index >= 15 is 0 Å². The van der Waals surface area contributed by atoms with Gasteiger partial charge < -0.3 is 0 Å². The lowest BCUT2D eigenvalue weighted by molar-refractivity contribution is 0.0994. The normalized spacial score (nSPS) is 10.0. The van der Waals surface area contributed by atoms with Crippen LogP contribution in [0.25, 0.3) is 0 Å². The molecular weight excluding hydrogens is 248 g/mol. The van der Waals surface area contributed by atoms with Crippen molar-refractivity contribution in [3.8, 4) is 0 Å². The van der Waals surface area contributed by atoms with Gasteiger partial charge in [-0.3, -0.25) is 9.59 Å². The van der Waals surface area contributed by atoms with Gasteiger partial charge in [0.2, 0.25) is 0 Å². The van der Waals surface area contributed by atoms with Crippen molar-refractivity contribution in [2.24, 2.45) is 0 Å². The number of hydrogen-bond donors (Lipinski definition) is 0. The summed E-state index contributed by atoms with van der Waals surface area (Å²) in [6, 6.07) is 6.84. The monoisotopic (exact) mass is 278 g/mol. The van der Waals surface area contributed by atoms with Crippen LogP contribution in [0.3, 0.4) is 0 Å². The van der Waals surface area contributed by atoms with Gasteiger partial charge >= 0.3 is 0 Å². The number of benzene rings is 1. The molecule has 0 saturated carbocycles. The summed E-state index contributed by atoms with van der Waals surface area (Å²) in [7, 11) is 0. The summed E-state index contributed by atoms with van der Waals surface area (Å²) in [5.41, 5.74) is 1.01. The predicted molar refractivity (Wildman–Crippen MR) is 89.6 cm³/mol. The predicted octanol–water partition coefficient (Wildman–Crippen LogP) is 5.73. The van der Waals surface area contributed by atoms with Crippen LogP contribution in [-0.2, 0) is 0 Å². The largest absolute Gasteiger partial charge is 0.289 e. The molecule has 114 valence electrons. The maximum absolute atomic E-state index is 11.2. The number of hydrogen-bond acceptors (Lipinski definition) is 2. The highest BCUT2D eigenvalue weighted by Crippen LogP contribution is 2.15. The Morgan fingerprint density at radius 2 is 0.800 bits per heavy atom. The fourth-order valence-electron chi connectivity index (χ4n) is 1.24. The van der Waals surface area contributed by atoms with Crippen LogP contribution in [0.1, 0.15) is 76.1 Å². The van der Waals surface area contributed by atoms with Crippen LogP contribution in [0.5, 0.6) is 0 Å². The molecule has 2 nitrogen and oxygen atoms in total. The lowest BCUT2D eigenvalue weighted by atomic mass is 9.95. The second-order valence-corrected chi connectivity index (χ2v) is 2.61. The summed E-state index contributed by atoms with van der Waals surface area (Å²) in [6.45, 7) is 16.0. The third-order valence-electron chi connectivity index (χ3n) is 1.84. The van der Waals surface area contributed by atoms with Gasteiger partial charge in [0.05, 0.1) is 0 Å². The number of fused-ring (bicyclic) bond motifs is 1. The van der Waals surface area contributed by atoms with E-state index < -0.39 is 0 Å². The quantitative estimate of drug-likeness (QED) is 0.607. The molecule has 0 atom stereocenters. The average Bonchev–Trinajstić information content (AvgIpc) is 2.59. The molecule has 1 aliphatic carbocycles. The van der Waals surface area contributed by atoms with E-state index in [0.29, 0.717) is 11.1 Å². The van der Waals surface area contributed by atoms with Gasteiger partial charge in [0.25, 0.3) is 0 Å². The molecule has 0 unspecified atom stereocenters. The van der Waals surface area contributed by atoms with Gasteiger partial charge in [0.15, 0.2) is 11.6 Å². The molecule has 1 aromatic rings. The smallest absolute Gasteiger partial charge is 0.186 e. The van der Waals surface area contributed by atoms with Crippen LogP contribution in [-0.4, -0.2) is 11.6 Å². The summed E-state index contributed by atoms with van der Waals surface area (Å²) in [4.78, 5) is 22.4. The summed E-state index contributed by atoms with van der Waals surface area (Å²) in [5.74, 6) is -0.185. The Kier molecular flexibility index (Phi) is 20.2. The molecular formula is C18H30O2. The first-order valence-electron chi connectivity index (χ1n) is 7.65. The highest BCUT2D eigenvalue weighted by atomic mass is 16.1. The molecule has 0 heterocycles. The fourth-order valence-corrected chi connectivity index (χ4v) is 1.24. The molecule has 0 bridgehead atoms. The van der Waals surface area contributed by atoms with Crippen molar-refractivity contribution in [1.82, 2.24) is 0 Å². The molecule has 0 saturated heterocycles. The van der Waals surface area contributed by atoms with Gasteiger partial charge in [-0.05, 0) is 12.2 Å². The van der Waals surface area contributed by atoms with E-state index in [9.17, 15) is 9.59 Å². The Morgan fingerprint density at radius 1 is 0.550 bits per heavy atom. The fraction of sp³-hybridized carbons (Fsp3) is 0.444. The molecule has 20 heavy (non-hydrogen) atoms. The van der Waals surface area contributed by atoms with E-state index in [0.717, 1.165) is 0 Å². The van der Waals surface area contributed by atoms with Gasteiger partial charge in [0.1, 0.15) is 0 Å². The van der Waals surface area contributed by atoms with Crippen LogP contribution in [0, 0.1) is 0 Å². The maximum Gasteiger partial charge on any atom is 0.186 e. The van der Waals surface area contributed by atoms with Gasteiger partial charge in [-0.25, -0.2) is 0 Å². The van der Waals surface area contributed by atoms with Crippen molar-refractivity contribution < 1.29 is 9.59 Å². The third kappa shape index (κ3) is 7.67. The molecule has 0 spiro atoms. The molecule has 0 radical (unpaired) electrons. The number of carbonyl (C=O) groups excluding carboxylic acids is 2. The summed E-state index contributed by atoms with van der Waals surface area (Å²) in [5, 5.41) is 0. The van der Waals surface area contributed by atoms with Crippen LogP contribution in [0.2, 0.25) is 0 Å². The van der Waals surface area contributed by atoms with Crippen LogP contribution < -0.4 is 0 Å². The Morgan fingerprint density at radius 3 is 1.05 bits per heavy atom. The van der Waals surface area contributed by atoms with Gasteiger partial charge in [-0.15, -0.1) is 0 Å². The first kappa shape index (κ1) is 23.4. The minimum Gasteiger partial charge on any atom is -0.289 e. The first-order chi connectivity index (χ1) is 9.79. The van der Waals surface area contributed by atoms with E-state index in [1.54, 1.807) is 24.3 Å². The van der Waals surface area contributed by atoms with Gasteiger partial charge in [-0.1, -0.05) is 79.7 Å². The molecule has 0 fully saturated rings. The maximum atomic E-state index is 11.2. The third-order valence-corrected chi connectivity index (χ3v) is 1.84. The lowest BCUT2D eigenvalue weighted by Crippen LogP contribution is -2.10. The molecule has 0 aliphatic heterocycles. The van der Waals surface area contributed by atoms with Crippen molar-refractivity contribution >= 4 is 11.6 Å². The number of allylic oxidation sites excluding steroid dienone is 2. The van der Waals surface area contributed by atoms with E-state index in [2.05, 4.69) is 0 Å². The standard InChI is InChI=1S/C10H6O2.4C2H6/c11-9-5-6-10(12)8-4-2-1-3-7(8)9;4*1-2/h1-6H;4*1-2H3. The highest BCUT2D eigenvalue weighted by Gasteiger charge is 2.16. The summed E-state index contributed by atoms with van der Waals surface area (Å²) in [6.07, 6.45) is 2.62. The molecule has 2 heteroatoms. The Bertz CT molecular complexity index is 353. The SMILES string of the molecule is CC.CC.CC.CC.O=C1C=CC(=O)c2ccccc21. The molecule has 1 aromatic carbocycles. The Hall–Kier alpha value is -1.70. The number of carbonyl (C=O) groups is 2. The van der Waals surface area contributed by atoms with Crippen LogP contribution >= 0.6 is 0 Å². The number of ketones is 2. The molecule has 0 aromatic heterocycles. The van der Waals surface area contributed by atoms with Gasteiger partial charge in [-0.2, -0.15) is 0 Å². The van der Waals surface area contributed by atoms with E-state index in [-0.39, 0.29) is 11.6 Å².